The Morgan fingerprint density at radius 1 is 1.18 bits per heavy atom. The first-order chi connectivity index (χ1) is 10.7. The lowest BCUT2D eigenvalue weighted by atomic mass is 10.1. The lowest BCUT2D eigenvalue weighted by Gasteiger charge is -2.10. The van der Waals surface area contributed by atoms with E-state index in [4.69, 9.17) is 21.1 Å². The van der Waals surface area contributed by atoms with Crippen molar-refractivity contribution in [1.82, 2.24) is 9.38 Å². The van der Waals surface area contributed by atoms with Gasteiger partial charge in [-0.2, -0.15) is 0 Å². The van der Waals surface area contributed by atoms with Gasteiger partial charge in [-0.15, -0.1) is 11.6 Å². The van der Waals surface area contributed by atoms with Gasteiger partial charge < -0.3 is 9.47 Å². The quantitative estimate of drug-likeness (QED) is 0.684. The predicted molar refractivity (Wildman–Crippen MR) is 83.2 cm³/mol. The number of hydrogen-bond donors (Lipinski definition) is 0. The topological polar surface area (TPSA) is 35.8 Å². The number of nitrogens with zero attached hydrogens (tertiary/aromatic N) is 2. The van der Waals surface area contributed by atoms with Crippen molar-refractivity contribution in [2.75, 3.05) is 14.2 Å². The molecular weight excluding hydrogens is 307 g/mol. The summed E-state index contributed by atoms with van der Waals surface area (Å²) < 4.78 is 25.8. The number of pyridine rings is 1. The molecule has 22 heavy (non-hydrogen) atoms. The number of ether oxygens (including phenoxy) is 2. The average Bonchev–Trinajstić information content (AvgIpc) is 2.91. The van der Waals surface area contributed by atoms with Crippen molar-refractivity contribution in [2.45, 2.75) is 5.88 Å². The molecule has 2 aromatic heterocycles. The molecule has 114 valence electrons. The molecule has 0 spiro atoms. The van der Waals surface area contributed by atoms with Crippen molar-refractivity contribution in [3.05, 3.63) is 48.0 Å². The fourth-order valence-electron chi connectivity index (χ4n) is 2.41. The number of benzene rings is 1. The fraction of sp³-hybridized carbons (Fsp3) is 0.188. The summed E-state index contributed by atoms with van der Waals surface area (Å²) in [7, 11) is 3.17. The van der Waals surface area contributed by atoms with Crippen molar-refractivity contribution in [2.24, 2.45) is 0 Å². The molecule has 0 N–H and O–H groups in total. The molecule has 0 unspecified atom stereocenters. The second kappa shape index (κ2) is 5.85. The molecule has 4 nitrogen and oxygen atoms in total. The van der Waals surface area contributed by atoms with Gasteiger partial charge >= 0.3 is 0 Å². The molecule has 0 radical (unpaired) electrons. The van der Waals surface area contributed by atoms with E-state index in [-0.39, 0.29) is 11.7 Å². The number of methoxy groups -OCH3 is 2. The van der Waals surface area contributed by atoms with Crippen LogP contribution in [0.15, 0.2) is 36.5 Å². The minimum absolute atomic E-state index is 0.195. The Labute approximate surface area is 132 Å². The summed E-state index contributed by atoms with van der Waals surface area (Å²) in [6.45, 7) is 0. The average molecular weight is 321 g/mol. The second-order valence-electron chi connectivity index (χ2n) is 4.68. The highest BCUT2D eigenvalue weighted by Gasteiger charge is 2.18. The van der Waals surface area contributed by atoms with Gasteiger partial charge in [0.15, 0.2) is 0 Å². The first kappa shape index (κ1) is 14.7. The molecule has 6 heteroatoms. The number of rotatable bonds is 4. The zero-order valence-electron chi connectivity index (χ0n) is 12.1. The summed E-state index contributed by atoms with van der Waals surface area (Å²) in [6.07, 6.45) is 1.37. The highest BCUT2D eigenvalue weighted by molar-refractivity contribution is 6.17. The monoisotopic (exact) mass is 320 g/mol. The number of alkyl halides is 1. The Hall–Kier alpha value is -2.27. The van der Waals surface area contributed by atoms with Gasteiger partial charge in [0.2, 0.25) is 0 Å². The van der Waals surface area contributed by atoms with E-state index >= 15 is 0 Å². The molecule has 0 saturated heterocycles. The van der Waals surface area contributed by atoms with Crippen LogP contribution in [-0.2, 0) is 5.88 Å². The van der Waals surface area contributed by atoms with Crippen LogP contribution in [0.25, 0.3) is 16.9 Å². The molecule has 0 fully saturated rings. The van der Waals surface area contributed by atoms with Crippen LogP contribution in [0, 0.1) is 5.82 Å². The minimum Gasteiger partial charge on any atom is -0.497 e. The van der Waals surface area contributed by atoms with Gasteiger partial charge in [-0.05, 0) is 30.3 Å². The molecule has 1 aromatic carbocycles. The molecule has 3 rings (SSSR count). The van der Waals surface area contributed by atoms with Crippen molar-refractivity contribution in [3.63, 3.8) is 0 Å². The Morgan fingerprint density at radius 2 is 2.00 bits per heavy atom. The second-order valence-corrected chi connectivity index (χ2v) is 4.95. The van der Waals surface area contributed by atoms with E-state index in [1.165, 1.54) is 12.3 Å². The maximum absolute atomic E-state index is 13.5. The van der Waals surface area contributed by atoms with Crippen LogP contribution in [0.2, 0.25) is 0 Å². The number of imidazole rings is 1. The van der Waals surface area contributed by atoms with Crippen LogP contribution in [0.3, 0.4) is 0 Å². The summed E-state index contributed by atoms with van der Waals surface area (Å²) in [5, 5.41) is 0. The zero-order chi connectivity index (χ0) is 15.7. The molecular formula is C16H14ClFN2O2. The van der Waals surface area contributed by atoms with Crippen molar-refractivity contribution in [3.8, 4) is 22.8 Å². The van der Waals surface area contributed by atoms with E-state index in [1.54, 1.807) is 36.8 Å². The van der Waals surface area contributed by atoms with Gasteiger partial charge in [0, 0.05) is 11.8 Å². The van der Waals surface area contributed by atoms with Crippen molar-refractivity contribution >= 4 is 17.2 Å². The maximum atomic E-state index is 13.5. The fourth-order valence-corrected chi connectivity index (χ4v) is 2.67. The number of aromatic nitrogens is 2. The van der Waals surface area contributed by atoms with Crippen LogP contribution >= 0.6 is 11.6 Å². The van der Waals surface area contributed by atoms with Gasteiger partial charge in [0.1, 0.15) is 23.0 Å². The summed E-state index contributed by atoms with van der Waals surface area (Å²) >= 11 is 6.07. The van der Waals surface area contributed by atoms with E-state index in [0.717, 1.165) is 5.56 Å². The molecule has 0 aliphatic carbocycles. The van der Waals surface area contributed by atoms with Crippen LogP contribution in [-0.4, -0.2) is 23.6 Å². The maximum Gasteiger partial charge on any atom is 0.139 e. The van der Waals surface area contributed by atoms with E-state index in [2.05, 4.69) is 4.98 Å². The molecule has 0 atom stereocenters. The molecule has 0 aliphatic heterocycles. The molecule has 0 amide bonds. The third kappa shape index (κ3) is 2.37. The standard InChI is InChI=1S/C16H14ClFN2O2/c1-21-11-4-5-14(22-2)12(7-11)16-13(8-17)20-9-10(18)3-6-15(20)19-16/h3-7,9H,8H2,1-2H3. The third-order valence-corrected chi connectivity index (χ3v) is 3.72. The first-order valence-electron chi connectivity index (χ1n) is 6.62. The summed E-state index contributed by atoms with van der Waals surface area (Å²) in [4.78, 5) is 4.56. The number of halogens is 2. The number of hydrogen-bond acceptors (Lipinski definition) is 3. The summed E-state index contributed by atoms with van der Waals surface area (Å²) in [5.41, 5.74) is 2.72. The highest BCUT2D eigenvalue weighted by Crippen LogP contribution is 2.35. The van der Waals surface area contributed by atoms with Gasteiger partial charge in [0.05, 0.1) is 31.5 Å². The van der Waals surface area contributed by atoms with Crippen molar-refractivity contribution < 1.29 is 13.9 Å². The predicted octanol–water partition coefficient (Wildman–Crippen LogP) is 3.90. The van der Waals surface area contributed by atoms with Crippen LogP contribution in [0.4, 0.5) is 4.39 Å². The van der Waals surface area contributed by atoms with Crippen LogP contribution in [0.1, 0.15) is 5.69 Å². The Bertz CT molecular complexity index is 832. The van der Waals surface area contributed by atoms with Gasteiger partial charge in [-0.25, -0.2) is 9.37 Å². The summed E-state index contributed by atoms with van der Waals surface area (Å²) in [6, 6.07) is 8.41. The van der Waals surface area contributed by atoms with E-state index in [0.29, 0.717) is 28.5 Å². The highest BCUT2D eigenvalue weighted by atomic mass is 35.5. The van der Waals surface area contributed by atoms with E-state index in [1.807, 2.05) is 6.07 Å². The smallest absolute Gasteiger partial charge is 0.139 e. The normalized spacial score (nSPS) is 10.9. The van der Waals surface area contributed by atoms with Crippen LogP contribution < -0.4 is 9.47 Å². The van der Waals surface area contributed by atoms with Gasteiger partial charge in [0.25, 0.3) is 0 Å². The van der Waals surface area contributed by atoms with Crippen LogP contribution in [0.5, 0.6) is 11.5 Å². The largest absolute Gasteiger partial charge is 0.497 e. The lowest BCUT2D eigenvalue weighted by molar-refractivity contribution is 0.404. The SMILES string of the molecule is COc1ccc(OC)c(-c2nc3ccc(F)cn3c2CCl)c1. The van der Waals surface area contributed by atoms with Gasteiger partial charge in [-0.1, -0.05) is 0 Å². The molecule has 2 heterocycles. The van der Waals surface area contributed by atoms with Gasteiger partial charge in [-0.3, -0.25) is 4.40 Å². The molecule has 3 aromatic rings. The Kier molecular flexibility index (Phi) is 3.90. The number of fused-ring (bicyclic) bond motifs is 1. The molecule has 0 bridgehead atoms. The van der Waals surface area contributed by atoms with E-state index in [9.17, 15) is 4.39 Å². The third-order valence-electron chi connectivity index (χ3n) is 3.47. The minimum atomic E-state index is -0.347. The molecule has 0 aliphatic rings. The first-order valence-corrected chi connectivity index (χ1v) is 7.16. The van der Waals surface area contributed by atoms with E-state index < -0.39 is 0 Å². The zero-order valence-corrected chi connectivity index (χ0v) is 12.9. The lowest BCUT2D eigenvalue weighted by Crippen LogP contribution is -1.95. The Balaban J connectivity index is 2.30. The Morgan fingerprint density at radius 3 is 2.68 bits per heavy atom. The van der Waals surface area contributed by atoms with Crippen molar-refractivity contribution in [1.29, 1.82) is 0 Å². The summed E-state index contributed by atoms with van der Waals surface area (Å²) in [5.74, 6) is 1.18. The molecule has 0 saturated carbocycles.